The zero-order chi connectivity index (χ0) is 18.0. The first-order valence-corrected chi connectivity index (χ1v) is 8.82. The van der Waals surface area contributed by atoms with Crippen molar-refractivity contribution in [2.75, 3.05) is 6.61 Å². The van der Waals surface area contributed by atoms with Crippen LogP contribution >= 0.6 is 27.5 Å². The lowest BCUT2D eigenvalue weighted by molar-refractivity contribution is 0.340. The molecule has 3 rings (SSSR count). The first kappa shape index (κ1) is 17.6. The molecule has 2 aromatic carbocycles. The molecular formula is C18H15BrClN3O2. The third kappa shape index (κ3) is 3.75. The molecule has 5 nitrogen and oxygen atoms in total. The number of rotatable bonds is 4. The minimum absolute atomic E-state index is 0.225. The molecule has 0 aliphatic carbocycles. The highest BCUT2D eigenvalue weighted by Gasteiger charge is 2.08. The Balaban J connectivity index is 2.01. The minimum Gasteiger partial charge on any atom is -0.492 e. The Hall–Kier alpha value is -2.18. The van der Waals surface area contributed by atoms with Gasteiger partial charge in [-0.15, -0.1) is 0 Å². The van der Waals surface area contributed by atoms with E-state index in [9.17, 15) is 4.79 Å². The summed E-state index contributed by atoms with van der Waals surface area (Å²) >= 11 is 9.55. The van der Waals surface area contributed by atoms with E-state index in [0.717, 1.165) is 10.0 Å². The van der Waals surface area contributed by atoms with Crippen molar-refractivity contribution in [1.29, 1.82) is 0 Å². The maximum absolute atomic E-state index is 12.7. The molecule has 0 aliphatic heterocycles. The Morgan fingerprint density at radius 3 is 2.84 bits per heavy atom. The first-order chi connectivity index (χ1) is 12.0. The molecule has 0 aliphatic rings. The Morgan fingerprint density at radius 1 is 1.32 bits per heavy atom. The van der Waals surface area contributed by atoms with E-state index in [1.807, 2.05) is 19.1 Å². The molecule has 0 atom stereocenters. The molecule has 0 bridgehead atoms. The van der Waals surface area contributed by atoms with Gasteiger partial charge in [0.15, 0.2) is 0 Å². The second kappa shape index (κ2) is 7.37. The number of aryl methyl sites for hydroxylation is 1. The molecule has 7 heteroatoms. The van der Waals surface area contributed by atoms with Crippen molar-refractivity contribution in [3.05, 3.63) is 67.6 Å². The highest BCUT2D eigenvalue weighted by Crippen LogP contribution is 2.24. The van der Waals surface area contributed by atoms with Crippen LogP contribution in [-0.4, -0.2) is 22.5 Å². The lowest BCUT2D eigenvalue weighted by Crippen LogP contribution is -2.20. The van der Waals surface area contributed by atoms with E-state index in [0.29, 0.717) is 34.1 Å². The van der Waals surface area contributed by atoms with Crippen molar-refractivity contribution in [3.8, 4) is 5.75 Å². The van der Waals surface area contributed by atoms with Gasteiger partial charge in [-0.2, -0.15) is 9.78 Å². The van der Waals surface area contributed by atoms with Crippen molar-refractivity contribution in [3.63, 3.8) is 0 Å². The largest absolute Gasteiger partial charge is 0.492 e. The van der Waals surface area contributed by atoms with Crippen LogP contribution in [0.5, 0.6) is 5.75 Å². The number of nitrogens with zero attached hydrogens (tertiary/aromatic N) is 3. The summed E-state index contributed by atoms with van der Waals surface area (Å²) in [6.45, 7) is 4.18. The number of aromatic nitrogens is 2. The smallest absolute Gasteiger partial charge is 0.282 e. The molecule has 3 aromatic rings. The molecule has 0 N–H and O–H groups in total. The maximum atomic E-state index is 12.7. The van der Waals surface area contributed by atoms with Crippen LogP contribution in [0.3, 0.4) is 0 Å². The van der Waals surface area contributed by atoms with Crippen LogP contribution in [0, 0.1) is 6.92 Å². The van der Waals surface area contributed by atoms with Gasteiger partial charge in [-0.1, -0.05) is 27.5 Å². The summed E-state index contributed by atoms with van der Waals surface area (Å²) in [5.74, 6) is 1.12. The normalized spacial score (nSPS) is 11.4. The molecule has 128 valence electrons. The van der Waals surface area contributed by atoms with Gasteiger partial charge in [0.1, 0.15) is 11.6 Å². The standard InChI is InChI=1S/C18H15BrClN3O2/c1-3-25-17-7-4-12(8-15(17)20)10-21-23-11(2)22-16-6-5-13(19)9-14(16)18(23)24/h4-10H,3H2,1-2H3. The molecule has 0 amide bonds. The van der Waals surface area contributed by atoms with Crippen LogP contribution in [0.25, 0.3) is 10.9 Å². The highest BCUT2D eigenvalue weighted by molar-refractivity contribution is 9.10. The average molecular weight is 421 g/mol. The van der Waals surface area contributed by atoms with Crippen LogP contribution in [0.4, 0.5) is 0 Å². The van der Waals surface area contributed by atoms with E-state index in [4.69, 9.17) is 16.3 Å². The van der Waals surface area contributed by atoms with Gasteiger partial charge in [0.2, 0.25) is 0 Å². The summed E-state index contributed by atoms with van der Waals surface area (Å²) in [7, 11) is 0. The van der Waals surface area contributed by atoms with Gasteiger partial charge < -0.3 is 4.74 Å². The summed E-state index contributed by atoms with van der Waals surface area (Å²) in [6, 6.07) is 10.7. The molecule has 0 radical (unpaired) electrons. The Labute approximate surface area is 158 Å². The van der Waals surface area contributed by atoms with Crippen molar-refractivity contribution in [2.45, 2.75) is 13.8 Å². The van der Waals surface area contributed by atoms with Gasteiger partial charge in [0.05, 0.1) is 28.7 Å². The van der Waals surface area contributed by atoms with Crippen LogP contribution < -0.4 is 10.3 Å². The fraction of sp³-hybridized carbons (Fsp3) is 0.167. The molecule has 0 unspecified atom stereocenters. The first-order valence-electron chi connectivity index (χ1n) is 7.65. The molecule has 0 saturated carbocycles. The van der Waals surface area contributed by atoms with Crippen molar-refractivity contribution < 1.29 is 4.74 Å². The van der Waals surface area contributed by atoms with Crippen molar-refractivity contribution in [2.24, 2.45) is 5.10 Å². The summed E-state index contributed by atoms with van der Waals surface area (Å²) in [5, 5.41) is 5.27. The number of fused-ring (bicyclic) bond motifs is 1. The average Bonchev–Trinajstić information content (AvgIpc) is 2.58. The number of ether oxygens (including phenoxy) is 1. The zero-order valence-electron chi connectivity index (χ0n) is 13.7. The van der Waals surface area contributed by atoms with E-state index in [1.54, 1.807) is 37.4 Å². The Kier molecular flexibility index (Phi) is 5.20. The molecule has 1 aromatic heterocycles. The fourth-order valence-electron chi connectivity index (χ4n) is 2.39. The molecule has 0 spiro atoms. The zero-order valence-corrected chi connectivity index (χ0v) is 16.0. The maximum Gasteiger partial charge on any atom is 0.282 e. The van der Waals surface area contributed by atoms with E-state index < -0.39 is 0 Å². The molecule has 0 fully saturated rings. The van der Waals surface area contributed by atoms with E-state index >= 15 is 0 Å². The van der Waals surface area contributed by atoms with Crippen molar-refractivity contribution >= 4 is 44.6 Å². The summed E-state index contributed by atoms with van der Waals surface area (Å²) in [5.41, 5.74) is 1.17. The third-order valence-electron chi connectivity index (χ3n) is 3.55. The van der Waals surface area contributed by atoms with Gasteiger partial charge in [0.25, 0.3) is 5.56 Å². The Bertz CT molecular complexity index is 1030. The van der Waals surface area contributed by atoms with Gasteiger partial charge >= 0.3 is 0 Å². The summed E-state index contributed by atoms with van der Waals surface area (Å²) < 4.78 is 7.50. The van der Waals surface area contributed by atoms with Crippen LogP contribution in [-0.2, 0) is 0 Å². The number of halogens is 2. The number of hydrogen-bond acceptors (Lipinski definition) is 4. The molecule has 0 saturated heterocycles. The van der Waals surface area contributed by atoms with Gasteiger partial charge in [-0.05, 0) is 55.8 Å². The lowest BCUT2D eigenvalue weighted by Gasteiger charge is -2.07. The second-order valence-corrected chi connectivity index (χ2v) is 6.63. The molecule has 1 heterocycles. The summed E-state index contributed by atoms with van der Waals surface area (Å²) in [4.78, 5) is 17.1. The molecule has 25 heavy (non-hydrogen) atoms. The third-order valence-corrected chi connectivity index (χ3v) is 4.34. The fourth-order valence-corrected chi connectivity index (χ4v) is 2.99. The quantitative estimate of drug-likeness (QED) is 0.588. The monoisotopic (exact) mass is 419 g/mol. The van der Waals surface area contributed by atoms with Crippen LogP contribution in [0.15, 0.2) is 50.8 Å². The molecular weight excluding hydrogens is 406 g/mol. The number of hydrogen-bond donors (Lipinski definition) is 0. The van der Waals surface area contributed by atoms with E-state index in [2.05, 4.69) is 26.0 Å². The van der Waals surface area contributed by atoms with E-state index in [-0.39, 0.29) is 5.56 Å². The number of benzene rings is 2. The second-order valence-electron chi connectivity index (χ2n) is 5.30. The Morgan fingerprint density at radius 2 is 2.12 bits per heavy atom. The van der Waals surface area contributed by atoms with Crippen molar-refractivity contribution in [1.82, 2.24) is 9.66 Å². The van der Waals surface area contributed by atoms with Crippen LogP contribution in [0.1, 0.15) is 18.3 Å². The van der Waals surface area contributed by atoms with E-state index in [1.165, 1.54) is 4.68 Å². The highest BCUT2D eigenvalue weighted by atomic mass is 79.9. The van der Waals surface area contributed by atoms with Gasteiger partial charge in [-0.3, -0.25) is 4.79 Å². The summed E-state index contributed by atoms with van der Waals surface area (Å²) in [6.07, 6.45) is 1.57. The van der Waals surface area contributed by atoms with Crippen LogP contribution in [0.2, 0.25) is 5.02 Å². The van der Waals surface area contributed by atoms with Gasteiger partial charge in [0, 0.05) is 4.47 Å². The topological polar surface area (TPSA) is 56.5 Å². The lowest BCUT2D eigenvalue weighted by atomic mass is 10.2. The SMILES string of the molecule is CCOc1ccc(C=Nn2c(C)nc3ccc(Br)cc3c2=O)cc1Cl. The predicted octanol–water partition coefficient (Wildman–Crippen LogP) is 4.40. The minimum atomic E-state index is -0.225. The van der Waals surface area contributed by atoms with Gasteiger partial charge in [-0.25, -0.2) is 4.98 Å². The predicted molar refractivity (Wildman–Crippen MR) is 104 cm³/mol.